The highest BCUT2D eigenvalue weighted by molar-refractivity contribution is 5.92. The zero-order valence-electron chi connectivity index (χ0n) is 12.2. The van der Waals surface area contributed by atoms with Crippen LogP contribution in [0.5, 0.6) is 0 Å². The molecule has 1 aromatic heterocycles. The van der Waals surface area contributed by atoms with E-state index < -0.39 is 17.6 Å². The van der Waals surface area contributed by atoms with Gasteiger partial charge in [0.05, 0.1) is 5.56 Å². The molecule has 0 saturated heterocycles. The number of hydrogen-bond acceptors (Lipinski definition) is 2. The molecule has 0 fully saturated rings. The topological polar surface area (TPSA) is 33.2 Å². The molecule has 2 rings (SSSR count). The van der Waals surface area contributed by atoms with E-state index in [0.717, 1.165) is 6.07 Å². The third kappa shape index (κ3) is 3.63. The molecule has 0 spiro atoms. The fourth-order valence-corrected chi connectivity index (χ4v) is 2.12. The fraction of sp³-hybridized carbons (Fsp3) is 0.250. The van der Waals surface area contributed by atoms with E-state index in [9.17, 15) is 18.0 Å². The number of aryl methyl sites for hydroxylation is 1. The molecule has 3 nitrogen and oxygen atoms in total. The van der Waals surface area contributed by atoms with Gasteiger partial charge in [0.1, 0.15) is 5.69 Å². The molecule has 6 heteroatoms. The van der Waals surface area contributed by atoms with Crippen molar-refractivity contribution in [2.24, 2.45) is 0 Å². The SMILES string of the molecule is Cc1cccc(C(=O)N(C)Cc2ccccc2C(F)(F)F)n1. The third-order valence-corrected chi connectivity index (χ3v) is 3.18. The number of rotatable bonds is 3. The maximum Gasteiger partial charge on any atom is 0.416 e. The molecule has 0 bridgehead atoms. The first-order valence-corrected chi connectivity index (χ1v) is 6.63. The van der Waals surface area contributed by atoms with E-state index in [0.29, 0.717) is 5.69 Å². The average Bonchev–Trinajstić information content (AvgIpc) is 2.46. The van der Waals surface area contributed by atoms with Gasteiger partial charge in [0, 0.05) is 19.3 Å². The van der Waals surface area contributed by atoms with Gasteiger partial charge in [-0.1, -0.05) is 24.3 Å². The van der Waals surface area contributed by atoms with Crippen LogP contribution in [0, 0.1) is 6.92 Å². The molecule has 0 atom stereocenters. The van der Waals surface area contributed by atoms with Crippen molar-refractivity contribution in [2.45, 2.75) is 19.6 Å². The lowest BCUT2D eigenvalue weighted by atomic mass is 10.1. The Bertz CT molecular complexity index is 683. The van der Waals surface area contributed by atoms with Crippen LogP contribution in [0.25, 0.3) is 0 Å². The first-order chi connectivity index (χ1) is 10.3. The van der Waals surface area contributed by atoms with Gasteiger partial charge in [-0.2, -0.15) is 13.2 Å². The Morgan fingerprint density at radius 3 is 2.45 bits per heavy atom. The number of aromatic nitrogens is 1. The number of alkyl halides is 3. The molecule has 0 aliphatic carbocycles. The third-order valence-electron chi connectivity index (χ3n) is 3.18. The van der Waals surface area contributed by atoms with Crippen LogP contribution in [0.4, 0.5) is 13.2 Å². The summed E-state index contributed by atoms with van der Waals surface area (Å²) < 4.78 is 38.9. The fourth-order valence-electron chi connectivity index (χ4n) is 2.12. The van der Waals surface area contributed by atoms with E-state index in [4.69, 9.17) is 0 Å². The highest BCUT2D eigenvalue weighted by atomic mass is 19.4. The summed E-state index contributed by atoms with van der Waals surface area (Å²) in [5.74, 6) is -0.416. The standard InChI is InChI=1S/C16H15F3N2O/c1-11-6-5-9-14(20-11)15(22)21(2)10-12-7-3-4-8-13(12)16(17,18)19/h3-9H,10H2,1-2H3. The van der Waals surface area contributed by atoms with E-state index in [1.54, 1.807) is 25.1 Å². The lowest BCUT2D eigenvalue weighted by Gasteiger charge is -2.20. The van der Waals surface area contributed by atoms with Crippen LogP contribution in [0.1, 0.15) is 27.3 Å². The molecule has 0 radical (unpaired) electrons. The maximum atomic E-state index is 13.0. The van der Waals surface area contributed by atoms with Crippen LogP contribution in [0.3, 0.4) is 0 Å². The number of benzene rings is 1. The zero-order valence-corrected chi connectivity index (χ0v) is 12.2. The second-order valence-corrected chi connectivity index (χ2v) is 4.98. The van der Waals surface area contributed by atoms with E-state index in [1.807, 2.05) is 0 Å². The molecule has 0 aliphatic heterocycles. The molecular formula is C16H15F3N2O. The lowest BCUT2D eigenvalue weighted by Crippen LogP contribution is -2.28. The summed E-state index contributed by atoms with van der Waals surface area (Å²) in [6.07, 6.45) is -4.44. The summed E-state index contributed by atoms with van der Waals surface area (Å²) in [6, 6.07) is 10.2. The summed E-state index contributed by atoms with van der Waals surface area (Å²) in [5.41, 5.74) is 0.215. The number of halogens is 3. The smallest absolute Gasteiger partial charge is 0.336 e. The predicted molar refractivity (Wildman–Crippen MR) is 76.2 cm³/mol. The van der Waals surface area contributed by atoms with Crippen molar-refractivity contribution in [1.29, 1.82) is 0 Å². The summed E-state index contributed by atoms with van der Waals surface area (Å²) >= 11 is 0. The van der Waals surface area contributed by atoms with Gasteiger partial charge in [-0.25, -0.2) is 4.98 Å². The van der Waals surface area contributed by atoms with Crippen LogP contribution < -0.4 is 0 Å². The Hall–Kier alpha value is -2.37. The van der Waals surface area contributed by atoms with Crippen molar-refractivity contribution in [1.82, 2.24) is 9.88 Å². The van der Waals surface area contributed by atoms with Gasteiger partial charge in [-0.05, 0) is 30.7 Å². The molecule has 0 N–H and O–H groups in total. The van der Waals surface area contributed by atoms with Crippen LogP contribution in [-0.2, 0) is 12.7 Å². The minimum absolute atomic E-state index is 0.0542. The largest absolute Gasteiger partial charge is 0.416 e. The normalized spacial score (nSPS) is 11.3. The van der Waals surface area contributed by atoms with Crippen LogP contribution >= 0.6 is 0 Å². The molecule has 22 heavy (non-hydrogen) atoms. The number of amides is 1. The van der Waals surface area contributed by atoms with Gasteiger partial charge < -0.3 is 4.90 Å². The summed E-state index contributed by atoms with van der Waals surface area (Å²) in [6.45, 7) is 1.61. The Morgan fingerprint density at radius 1 is 1.14 bits per heavy atom. The van der Waals surface area contributed by atoms with Crippen molar-refractivity contribution >= 4 is 5.91 Å². The van der Waals surface area contributed by atoms with Crippen LogP contribution in [0.2, 0.25) is 0 Å². The van der Waals surface area contributed by atoms with Crippen molar-refractivity contribution in [3.63, 3.8) is 0 Å². The maximum absolute atomic E-state index is 13.0. The van der Waals surface area contributed by atoms with Crippen molar-refractivity contribution in [2.75, 3.05) is 7.05 Å². The molecule has 0 aliphatic rings. The molecule has 1 aromatic carbocycles. The predicted octanol–water partition coefficient (Wildman–Crippen LogP) is 3.68. The van der Waals surface area contributed by atoms with Gasteiger partial charge >= 0.3 is 6.18 Å². The van der Waals surface area contributed by atoms with Gasteiger partial charge in [-0.15, -0.1) is 0 Å². The molecule has 0 saturated carbocycles. The number of carbonyl (C=O) groups is 1. The van der Waals surface area contributed by atoms with Gasteiger partial charge in [0.25, 0.3) is 5.91 Å². The second-order valence-electron chi connectivity index (χ2n) is 4.98. The van der Waals surface area contributed by atoms with Crippen molar-refractivity contribution < 1.29 is 18.0 Å². The summed E-state index contributed by atoms with van der Waals surface area (Å²) in [7, 11) is 1.46. The highest BCUT2D eigenvalue weighted by Gasteiger charge is 2.33. The number of pyridine rings is 1. The average molecular weight is 308 g/mol. The first-order valence-electron chi connectivity index (χ1n) is 6.63. The zero-order chi connectivity index (χ0) is 16.3. The molecule has 0 unspecified atom stereocenters. The van der Waals surface area contributed by atoms with Gasteiger partial charge in [-0.3, -0.25) is 4.79 Å². The molecular weight excluding hydrogens is 293 g/mol. The number of nitrogens with zero attached hydrogens (tertiary/aromatic N) is 2. The Balaban J connectivity index is 2.23. The summed E-state index contributed by atoms with van der Waals surface area (Å²) in [4.78, 5) is 17.6. The van der Waals surface area contributed by atoms with E-state index >= 15 is 0 Å². The molecule has 1 heterocycles. The molecule has 116 valence electrons. The van der Waals surface area contributed by atoms with Crippen LogP contribution in [0.15, 0.2) is 42.5 Å². The van der Waals surface area contributed by atoms with E-state index in [-0.39, 0.29) is 17.8 Å². The van der Waals surface area contributed by atoms with E-state index in [1.165, 1.54) is 30.1 Å². The molecule has 2 aromatic rings. The number of hydrogen-bond donors (Lipinski definition) is 0. The second kappa shape index (κ2) is 6.17. The Morgan fingerprint density at radius 2 is 1.82 bits per heavy atom. The minimum atomic E-state index is -4.44. The van der Waals surface area contributed by atoms with Crippen LogP contribution in [-0.4, -0.2) is 22.8 Å². The Kier molecular flexibility index (Phi) is 4.49. The van der Waals surface area contributed by atoms with Crippen molar-refractivity contribution in [3.05, 3.63) is 65.0 Å². The van der Waals surface area contributed by atoms with E-state index in [2.05, 4.69) is 4.98 Å². The quantitative estimate of drug-likeness (QED) is 0.866. The number of carbonyl (C=O) groups excluding carboxylic acids is 1. The highest BCUT2D eigenvalue weighted by Crippen LogP contribution is 2.32. The monoisotopic (exact) mass is 308 g/mol. The minimum Gasteiger partial charge on any atom is -0.336 e. The first kappa shape index (κ1) is 16.0. The lowest BCUT2D eigenvalue weighted by molar-refractivity contribution is -0.138. The summed E-state index contributed by atoms with van der Waals surface area (Å²) in [5, 5.41) is 0. The van der Waals surface area contributed by atoms with Gasteiger partial charge in [0.15, 0.2) is 0 Å². The van der Waals surface area contributed by atoms with Gasteiger partial charge in [0.2, 0.25) is 0 Å². The molecule has 1 amide bonds. The Labute approximate surface area is 126 Å². The van der Waals surface area contributed by atoms with Crippen molar-refractivity contribution in [3.8, 4) is 0 Å².